The standard InChI is InChI=1S/C15H18ClN3O/c1-18(11-15(20)19-6-2-3-7-19)10-13-5-4-12(9-17)8-14(13)16/h4-5,8H,2-3,6-7,10-11H2,1H3. The van der Waals surface area contributed by atoms with E-state index in [0.29, 0.717) is 23.7 Å². The third-order valence-corrected chi connectivity index (χ3v) is 3.84. The van der Waals surface area contributed by atoms with Gasteiger partial charge in [0, 0.05) is 24.7 Å². The topological polar surface area (TPSA) is 47.3 Å². The number of likely N-dealkylation sites (N-methyl/N-ethyl adjacent to an activating group) is 1. The summed E-state index contributed by atoms with van der Waals surface area (Å²) in [6.45, 7) is 2.76. The van der Waals surface area contributed by atoms with E-state index in [4.69, 9.17) is 16.9 Å². The molecule has 1 aliphatic rings. The van der Waals surface area contributed by atoms with Crippen LogP contribution in [0.25, 0.3) is 0 Å². The number of likely N-dealkylation sites (tertiary alicyclic amines) is 1. The Bertz CT molecular complexity index is 532. The van der Waals surface area contributed by atoms with Crippen LogP contribution in [-0.2, 0) is 11.3 Å². The van der Waals surface area contributed by atoms with Crippen molar-refractivity contribution in [2.75, 3.05) is 26.7 Å². The van der Waals surface area contributed by atoms with Crippen molar-refractivity contribution < 1.29 is 4.79 Å². The minimum absolute atomic E-state index is 0.176. The Labute approximate surface area is 124 Å². The van der Waals surface area contributed by atoms with E-state index in [1.54, 1.807) is 12.1 Å². The van der Waals surface area contributed by atoms with Gasteiger partial charge in [-0.05, 0) is 37.6 Å². The molecule has 0 aromatic heterocycles. The van der Waals surface area contributed by atoms with E-state index in [-0.39, 0.29) is 5.91 Å². The molecule has 5 heteroatoms. The molecule has 0 N–H and O–H groups in total. The highest BCUT2D eigenvalue weighted by Gasteiger charge is 2.19. The summed E-state index contributed by atoms with van der Waals surface area (Å²) in [5, 5.41) is 9.38. The largest absolute Gasteiger partial charge is 0.342 e. The van der Waals surface area contributed by atoms with Crippen LogP contribution < -0.4 is 0 Å². The fraction of sp³-hybridized carbons (Fsp3) is 0.467. The highest BCUT2D eigenvalue weighted by molar-refractivity contribution is 6.31. The second kappa shape index (κ2) is 6.74. The fourth-order valence-corrected chi connectivity index (χ4v) is 2.63. The average Bonchev–Trinajstić information content (AvgIpc) is 2.95. The molecule has 106 valence electrons. The maximum Gasteiger partial charge on any atom is 0.236 e. The van der Waals surface area contributed by atoms with Gasteiger partial charge in [0.25, 0.3) is 0 Å². The van der Waals surface area contributed by atoms with Crippen LogP contribution in [0.4, 0.5) is 0 Å². The van der Waals surface area contributed by atoms with Gasteiger partial charge in [-0.25, -0.2) is 0 Å². The molecular formula is C15H18ClN3O. The number of hydrogen-bond donors (Lipinski definition) is 0. The van der Waals surface area contributed by atoms with E-state index in [1.165, 1.54) is 0 Å². The molecule has 0 saturated carbocycles. The molecule has 0 radical (unpaired) electrons. The third-order valence-electron chi connectivity index (χ3n) is 3.49. The van der Waals surface area contributed by atoms with E-state index < -0.39 is 0 Å². The molecule has 1 saturated heterocycles. The Morgan fingerprint density at radius 1 is 1.45 bits per heavy atom. The number of halogens is 1. The molecule has 1 heterocycles. The van der Waals surface area contributed by atoms with Crippen LogP contribution in [0.1, 0.15) is 24.0 Å². The molecule has 1 fully saturated rings. The average molecular weight is 292 g/mol. The van der Waals surface area contributed by atoms with Crippen molar-refractivity contribution in [3.8, 4) is 6.07 Å². The predicted octanol–water partition coefficient (Wildman–Crippen LogP) is 2.27. The van der Waals surface area contributed by atoms with Gasteiger partial charge in [-0.1, -0.05) is 17.7 Å². The van der Waals surface area contributed by atoms with Crippen molar-refractivity contribution in [2.45, 2.75) is 19.4 Å². The van der Waals surface area contributed by atoms with Crippen molar-refractivity contribution in [2.24, 2.45) is 0 Å². The lowest BCUT2D eigenvalue weighted by atomic mass is 10.1. The van der Waals surface area contributed by atoms with Gasteiger partial charge in [-0.3, -0.25) is 9.69 Å². The van der Waals surface area contributed by atoms with Gasteiger partial charge < -0.3 is 4.90 Å². The van der Waals surface area contributed by atoms with Gasteiger partial charge in [0.2, 0.25) is 5.91 Å². The van der Waals surface area contributed by atoms with Crippen LogP contribution in [0, 0.1) is 11.3 Å². The Balaban J connectivity index is 1.92. The number of rotatable bonds is 4. The SMILES string of the molecule is CN(CC(=O)N1CCCC1)Cc1ccc(C#N)cc1Cl. The molecule has 1 aliphatic heterocycles. The van der Waals surface area contributed by atoms with E-state index in [9.17, 15) is 4.79 Å². The monoisotopic (exact) mass is 291 g/mol. The van der Waals surface area contributed by atoms with Crippen LogP contribution in [0.2, 0.25) is 5.02 Å². The summed E-state index contributed by atoms with van der Waals surface area (Å²) in [6, 6.07) is 7.31. The van der Waals surface area contributed by atoms with Crippen LogP contribution in [-0.4, -0.2) is 42.4 Å². The van der Waals surface area contributed by atoms with Gasteiger partial charge in [0.1, 0.15) is 0 Å². The lowest BCUT2D eigenvalue weighted by Crippen LogP contribution is -2.37. The molecule has 4 nitrogen and oxygen atoms in total. The zero-order valence-corrected chi connectivity index (χ0v) is 12.4. The first-order chi connectivity index (χ1) is 9.60. The second-order valence-electron chi connectivity index (χ2n) is 5.18. The van der Waals surface area contributed by atoms with Crippen LogP contribution in [0.15, 0.2) is 18.2 Å². The molecular weight excluding hydrogens is 274 g/mol. The number of benzene rings is 1. The van der Waals surface area contributed by atoms with Crippen molar-refractivity contribution in [3.05, 3.63) is 34.3 Å². The molecule has 0 bridgehead atoms. The number of carbonyl (C=O) groups excluding carboxylic acids is 1. The minimum Gasteiger partial charge on any atom is -0.342 e. The smallest absolute Gasteiger partial charge is 0.236 e. The van der Waals surface area contributed by atoms with Crippen LogP contribution in [0.5, 0.6) is 0 Å². The van der Waals surface area contributed by atoms with E-state index >= 15 is 0 Å². The minimum atomic E-state index is 0.176. The summed E-state index contributed by atoms with van der Waals surface area (Å²) in [5.74, 6) is 0.176. The second-order valence-corrected chi connectivity index (χ2v) is 5.59. The fourth-order valence-electron chi connectivity index (χ4n) is 2.39. The Hall–Kier alpha value is -1.57. The lowest BCUT2D eigenvalue weighted by molar-refractivity contribution is -0.131. The van der Waals surface area contributed by atoms with Gasteiger partial charge in [-0.15, -0.1) is 0 Å². The molecule has 1 amide bonds. The normalized spacial score (nSPS) is 14.6. The van der Waals surface area contributed by atoms with Gasteiger partial charge in [0.05, 0.1) is 18.2 Å². The first-order valence-electron chi connectivity index (χ1n) is 6.75. The summed E-state index contributed by atoms with van der Waals surface area (Å²) >= 11 is 6.14. The highest BCUT2D eigenvalue weighted by atomic mass is 35.5. The van der Waals surface area contributed by atoms with E-state index in [1.807, 2.05) is 22.9 Å². The number of carbonyl (C=O) groups is 1. The summed E-state index contributed by atoms with van der Waals surface area (Å²) in [4.78, 5) is 15.9. The quantitative estimate of drug-likeness (QED) is 0.855. The molecule has 0 aliphatic carbocycles. The lowest BCUT2D eigenvalue weighted by Gasteiger charge is -2.21. The third kappa shape index (κ3) is 3.72. The zero-order valence-electron chi connectivity index (χ0n) is 11.6. The maximum absolute atomic E-state index is 12.0. The number of nitriles is 1. The Morgan fingerprint density at radius 2 is 2.15 bits per heavy atom. The van der Waals surface area contributed by atoms with Crippen molar-refractivity contribution in [3.63, 3.8) is 0 Å². The zero-order chi connectivity index (χ0) is 14.5. The first kappa shape index (κ1) is 14.8. The molecule has 1 aromatic rings. The number of amides is 1. The molecule has 0 atom stereocenters. The Morgan fingerprint density at radius 3 is 2.75 bits per heavy atom. The number of nitrogens with zero attached hydrogens (tertiary/aromatic N) is 3. The van der Waals surface area contributed by atoms with Gasteiger partial charge in [0.15, 0.2) is 0 Å². The van der Waals surface area contributed by atoms with E-state index in [0.717, 1.165) is 31.5 Å². The highest BCUT2D eigenvalue weighted by Crippen LogP contribution is 2.19. The van der Waals surface area contributed by atoms with Crippen molar-refractivity contribution in [1.82, 2.24) is 9.80 Å². The molecule has 0 unspecified atom stereocenters. The van der Waals surface area contributed by atoms with Crippen LogP contribution in [0.3, 0.4) is 0 Å². The first-order valence-corrected chi connectivity index (χ1v) is 7.13. The Kier molecular flexibility index (Phi) is 4.99. The number of hydrogen-bond acceptors (Lipinski definition) is 3. The molecule has 20 heavy (non-hydrogen) atoms. The van der Waals surface area contributed by atoms with Crippen molar-refractivity contribution >= 4 is 17.5 Å². The summed E-state index contributed by atoms with van der Waals surface area (Å²) < 4.78 is 0. The molecule has 0 spiro atoms. The van der Waals surface area contributed by atoms with Crippen LogP contribution >= 0.6 is 11.6 Å². The summed E-state index contributed by atoms with van der Waals surface area (Å²) in [7, 11) is 1.91. The molecule has 2 rings (SSSR count). The van der Waals surface area contributed by atoms with Gasteiger partial charge >= 0.3 is 0 Å². The molecule has 1 aromatic carbocycles. The predicted molar refractivity (Wildman–Crippen MR) is 78.3 cm³/mol. The summed E-state index contributed by atoms with van der Waals surface area (Å²) in [6.07, 6.45) is 2.22. The maximum atomic E-state index is 12.0. The summed E-state index contributed by atoms with van der Waals surface area (Å²) in [5.41, 5.74) is 1.48. The van der Waals surface area contributed by atoms with Gasteiger partial charge in [-0.2, -0.15) is 5.26 Å². The van der Waals surface area contributed by atoms with E-state index in [2.05, 4.69) is 6.07 Å². The van der Waals surface area contributed by atoms with Crippen molar-refractivity contribution in [1.29, 1.82) is 5.26 Å².